The number of hydrogen-bond donors (Lipinski definition) is 0. The van der Waals surface area contributed by atoms with Gasteiger partial charge in [-0.1, -0.05) is 43.2 Å². The lowest BCUT2D eigenvalue weighted by atomic mass is 9.94. The second kappa shape index (κ2) is 9.08. The zero-order valence-corrected chi connectivity index (χ0v) is 18.2. The van der Waals surface area contributed by atoms with Crippen molar-refractivity contribution in [3.63, 3.8) is 0 Å². The SMILES string of the molecule is CC(Sc1nc2ccccc2c(=O)n1Cc1ccco1)C(=O)N(C)C1CCCCC1. The molecule has 0 aliphatic heterocycles. The number of fused-ring (bicyclic) bond motifs is 1. The summed E-state index contributed by atoms with van der Waals surface area (Å²) in [6.07, 6.45) is 7.33. The molecule has 1 aliphatic carbocycles. The minimum Gasteiger partial charge on any atom is -0.467 e. The van der Waals surface area contributed by atoms with Crippen molar-refractivity contribution in [3.05, 3.63) is 58.8 Å². The second-order valence-electron chi connectivity index (χ2n) is 7.88. The first-order valence-electron chi connectivity index (χ1n) is 10.5. The third-order valence-electron chi connectivity index (χ3n) is 5.82. The van der Waals surface area contributed by atoms with E-state index in [4.69, 9.17) is 9.40 Å². The van der Waals surface area contributed by atoms with Crippen LogP contribution in [0.25, 0.3) is 10.9 Å². The number of carbonyl (C=O) groups excluding carboxylic acids is 1. The Bertz CT molecular complexity index is 1070. The summed E-state index contributed by atoms with van der Waals surface area (Å²) in [5.41, 5.74) is 0.515. The summed E-state index contributed by atoms with van der Waals surface area (Å²) in [5, 5.41) is 0.757. The van der Waals surface area contributed by atoms with Crippen molar-refractivity contribution >= 4 is 28.6 Å². The normalized spacial score (nSPS) is 15.9. The van der Waals surface area contributed by atoms with E-state index in [0.29, 0.717) is 27.9 Å². The van der Waals surface area contributed by atoms with Crippen LogP contribution in [-0.2, 0) is 11.3 Å². The lowest BCUT2D eigenvalue weighted by molar-refractivity contribution is -0.131. The molecule has 4 rings (SSSR count). The molecule has 3 aromatic rings. The number of carbonyl (C=O) groups is 1. The molecule has 158 valence electrons. The second-order valence-corrected chi connectivity index (χ2v) is 9.19. The Morgan fingerprint density at radius 1 is 1.23 bits per heavy atom. The van der Waals surface area contributed by atoms with Crippen LogP contribution in [-0.4, -0.2) is 38.7 Å². The molecule has 2 aromatic heterocycles. The Balaban J connectivity index is 1.63. The molecule has 1 unspecified atom stereocenters. The fourth-order valence-corrected chi connectivity index (χ4v) is 5.09. The summed E-state index contributed by atoms with van der Waals surface area (Å²) in [5.74, 6) is 0.758. The Hall–Kier alpha value is -2.54. The van der Waals surface area contributed by atoms with E-state index < -0.39 is 0 Å². The number of rotatable bonds is 6. The number of amides is 1. The lowest BCUT2D eigenvalue weighted by Crippen LogP contribution is -2.42. The average molecular weight is 426 g/mol. The highest BCUT2D eigenvalue weighted by Gasteiger charge is 2.27. The summed E-state index contributed by atoms with van der Waals surface area (Å²) in [7, 11) is 1.90. The Morgan fingerprint density at radius 2 is 2.00 bits per heavy atom. The highest BCUT2D eigenvalue weighted by Crippen LogP contribution is 2.27. The zero-order valence-electron chi connectivity index (χ0n) is 17.4. The molecular formula is C23H27N3O3S. The van der Waals surface area contributed by atoms with E-state index in [-0.39, 0.29) is 23.3 Å². The van der Waals surface area contributed by atoms with E-state index in [1.54, 1.807) is 23.0 Å². The van der Waals surface area contributed by atoms with Crippen molar-refractivity contribution < 1.29 is 9.21 Å². The van der Waals surface area contributed by atoms with Crippen LogP contribution in [0.3, 0.4) is 0 Å². The maximum Gasteiger partial charge on any atom is 0.262 e. The van der Waals surface area contributed by atoms with Crippen LogP contribution in [0.15, 0.2) is 57.0 Å². The Kier molecular flexibility index (Phi) is 6.27. The molecule has 7 heteroatoms. The highest BCUT2D eigenvalue weighted by atomic mass is 32.2. The van der Waals surface area contributed by atoms with E-state index in [2.05, 4.69) is 0 Å². The monoisotopic (exact) mass is 425 g/mol. The first-order chi connectivity index (χ1) is 14.5. The van der Waals surface area contributed by atoms with Gasteiger partial charge >= 0.3 is 0 Å². The third-order valence-corrected chi connectivity index (χ3v) is 6.90. The fraction of sp³-hybridized carbons (Fsp3) is 0.435. The minimum atomic E-state index is -0.340. The van der Waals surface area contributed by atoms with Crippen molar-refractivity contribution in [2.24, 2.45) is 0 Å². The maximum atomic E-state index is 13.2. The maximum absolute atomic E-state index is 13.2. The molecule has 1 saturated carbocycles. The summed E-state index contributed by atoms with van der Waals surface area (Å²) < 4.78 is 7.06. The van der Waals surface area contributed by atoms with Gasteiger partial charge in [0.1, 0.15) is 5.76 Å². The number of aromatic nitrogens is 2. The van der Waals surface area contributed by atoms with Crippen molar-refractivity contribution in [2.75, 3.05) is 7.05 Å². The van der Waals surface area contributed by atoms with Gasteiger partial charge in [0.2, 0.25) is 5.91 Å². The smallest absolute Gasteiger partial charge is 0.262 e. The summed E-state index contributed by atoms with van der Waals surface area (Å²) >= 11 is 1.34. The summed E-state index contributed by atoms with van der Waals surface area (Å²) in [6.45, 7) is 2.18. The van der Waals surface area contributed by atoms with Crippen LogP contribution in [0.1, 0.15) is 44.8 Å². The predicted octanol–water partition coefficient (Wildman–Crippen LogP) is 4.31. The fourth-order valence-electron chi connectivity index (χ4n) is 4.08. The predicted molar refractivity (Wildman–Crippen MR) is 119 cm³/mol. The van der Waals surface area contributed by atoms with E-state index in [9.17, 15) is 9.59 Å². The van der Waals surface area contributed by atoms with Crippen LogP contribution < -0.4 is 5.56 Å². The van der Waals surface area contributed by atoms with Crippen LogP contribution in [0.4, 0.5) is 0 Å². The zero-order chi connectivity index (χ0) is 21.1. The molecular weight excluding hydrogens is 398 g/mol. The molecule has 0 N–H and O–H groups in total. The first kappa shape index (κ1) is 20.7. The molecule has 0 spiro atoms. The average Bonchev–Trinajstić information content (AvgIpc) is 3.29. The van der Waals surface area contributed by atoms with Gasteiger partial charge in [-0.3, -0.25) is 14.2 Å². The Labute approximate surface area is 180 Å². The topological polar surface area (TPSA) is 68.3 Å². The van der Waals surface area contributed by atoms with Crippen molar-refractivity contribution in [1.29, 1.82) is 0 Å². The first-order valence-corrected chi connectivity index (χ1v) is 11.4. The molecule has 0 saturated heterocycles. The van der Waals surface area contributed by atoms with Crippen LogP contribution >= 0.6 is 11.8 Å². The van der Waals surface area contributed by atoms with Gasteiger partial charge in [0.15, 0.2) is 5.16 Å². The van der Waals surface area contributed by atoms with Gasteiger partial charge in [0, 0.05) is 13.1 Å². The van der Waals surface area contributed by atoms with Gasteiger partial charge in [0.05, 0.1) is 29.0 Å². The van der Waals surface area contributed by atoms with Crippen molar-refractivity contribution in [3.8, 4) is 0 Å². The van der Waals surface area contributed by atoms with Gasteiger partial charge in [-0.25, -0.2) is 4.98 Å². The molecule has 2 heterocycles. The van der Waals surface area contributed by atoms with E-state index in [0.717, 1.165) is 12.8 Å². The molecule has 1 aromatic carbocycles. The van der Waals surface area contributed by atoms with E-state index >= 15 is 0 Å². The van der Waals surface area contributed by atoms with Gasteiger partial charge in [-0.15, -0.1) is 0 Å². The van der Waals surface area contributed by atoms with Gasteiger partial charge in [0.25, 0.3) is 5.56 Å². The standard InChI is InChI=1S/C23H27N3O3S/c1-16(21(27)25(2)17-9-4-3-5-10-17)30-23-24-20-13-7-6-12-19(20)22(28)26(23)15-18-11-8-14-29-18/h6-8,11-14,16-17H,3-5,9-10,15H2,1-2H3. The number of benzene rings is 1. The molecule has 1 atom stereocenters. The highest BCUT2D eigenvalue weighted by molar-refractivity contribution is 8.00. The lowest BCUT2D eigenvalue weighted by Gasteiger charge is -2.32. The molecule has 0 bridgehead atoms. The minimum absolute atomic E-state index is 0.0823. The molecule has 0 radical (unpaired) electrons. The van der Waals surface area contributed by atoms with Gasteiger partial charge in [-0.05, 0) is 44.0 Å². The number of para-hydroxylation sites is 1. The summed E-state index contributed by atoms with van der Waals surface area (Å²) in [6, 6.07) is 11.3. The number of furan rings is 1. The molecule has 1 fully saturated rings. The number of nitrogens with zero attached hydrogens (tertiary/aromatic N) is 3. The van der Waals surface area contributed by atoms with E-state index in [1.165, 1.54) is 31.0 Å². The quantitative estimate of drug-likeness (QED) is 0.435. The number of hydrogen-bond acceptors (Lipinski definition) is 5. The molecule has 1 aliphatic rings. The van der Waals surface area contributed by atoms with Gasteiger partial charge in [-0.2, -0.15) is 0 Å². The third kappa shape index (κ3) is 4.31. The van der Waals surface area contributed by atoms with Crippen molar-refractivity contribution in [1.82, 2.24) is 14.5 Å². The van der Waals surface area contributed by atoms with Crippen molar-refractivity contribution in [2.45, 2.75) is 62.0 Å². The van der Waals surface area contributed by atoms with Crippen LogP contribution in [0, 0.1) is 0 Å². The van der Waals surface area contributed by atoms with Crippen LogP contribution in [0.5, 0.6) is 0 Å². The Morgan fingerprint density at radius 3 is 2.73 bits per heavy atom. The van der Waals surface area contributed by atoms with E-state index in [1.807, 2.05) is 43.1 Å². The van der Waals surface area contributed by atoms with Gasteiger partial charge < -0.3 is 9.32 Å². The number of thioether (sulfide) groups is 1. The molecule has 6 nitrogen and oxygen atoms in total. The molecule has 1 amide bonds. The summed E-state index contributed by atoms with van der Waals surface area (Å²) in [4.78, 5) is 32.9. The largest absolute Gasteiger partial charge is 0.467 e. The molecule has 30 heavy (non-hydrogen) atoms. The van der Waals surface area contributed by atoms with Crippen LogP contribution in [0.2, 0.25) is 0 Å².